The van der Waals surface area contributed by atoms with Crippen LogP contribution in [0, 0.1) is 5.82 Å². The van der Waals surface area contributed by atoms with Crippen LogP contribution >= 0.6 is 0 Å². The third kappa shape index (κ3) is 5.31. The van der Waals surface area contributed by atoms with E-state index < -0.39 is 6.10 Å². The quantitative estimate of drug-likeness (QED) is 0.297. The summed E-state index contributed by atoms with van der Waals surface area (Å²) in [5.74, 6) is 0.0916. The highest BCUT2D eigenvalue weighted by Crippen LogP contribution is 2.31. The van der Waals surface area contributed by atoms with E-state index in [4.69, 9.17) is 4.74 Å². The molecule has 1 aliphatic rings. The molecule has 5 rings (SSSR count). The number of hydrogen-bond donors (Lipinski definition) is 3. The fourth-order valence-electron chi connectivity index (χ4n) is 5.40. The van der Waals surface area contributed by atoms with Crippen molar-refractivity contribution in [1.29, 1.82) is 0 Å². The van der Waals surface area contributed by atoms with Crippen LogP contribution in [0.2, 0.25) is 0 Å². The lowest BCUT2D eigenvalue weighted by atomic mass is 9.97. The number of fused-ring (bicyclic) bond motifs is 2. The van der Waals surface area contributed by atoms with Gasteiger partial charge in [0, 0.05) is 29.6 Å². The molecule has 0 aliphatic heterocycles. The Kier molecular flexibility index (Phi) is 7.40. The van der Waals surface area contributed by atoms with Gasteiger partial charge in [-0.3, -0.25) is 4.79 Å². The van der Waals surface area contributed by atoms with Crippen LogP contribution in [-0.2, 0) is 32.3 Å². The molecule has 6 heteroatoms. The van der Waals surface area contributed by atoms with Gasteiger partial charge >= 0.3 is 0 Å². The minimum absolute atomic E-state index is 0.0316. The smallest absolute Gasteiger partial charge is 0.248 e. The number of halogens is 1. The summed E-state index contributed by atoms with van der Waals surface area (Å²) < 4.78 is 19.9. The molecule has 1 atom stereocenters. The lowest BCUT2D eigenvalue weighted by Crippen LogP contribution is -2.33. The van der Waals surface area contributed by atoms with Crippen molar-refractivity contribution in [3.63, 3.8) is 0 Å². The molecule has 5 nitrogen and oxygen atoms in total. The Balaban J connectivity index is 1.31. The summed E-state index contributed by atoms with van der Waals surface area (Å²) in [6, 6.07) is 18.1. The Labute approximate surface area is 216 Å². The van der Waals surface area contributed by atoms with E-state index in [2.05, 4.69) is 36.3 Å². The van der Waals surface area contributed by atoms with E-state index in [0.717, 1.165) is 25.7 Å². The number of aliphatic hydroxyl groups excluding tert-OH is 1. The largest absolute Gasteiger partial charge is 0.487 e. The number of aromatic nitrogens is 1. The van der Waals surface area contributed by atoms with E-state index in [1.165, 1.54) is 34.4 Å². The van der Waals surface area contributed by atoms with Gasteiger partial charge in [0.05, 0.1) is 11.6 Å². The molecule has 4 aromatic rings. The molecule has 1 aliphatic carbocycles. The predicted octanol–water partition coefficient (Wildman–Crippen LogP) is 5.16. The normalized spacial score (nSPS) is 14.2. The molecule has 0 saturated heterocycles. The van der Waals surface area contributed by atoms with Crippen molar-refractivity contribution in [2.45, 2.75) is 58.3 Å². The lowest BCUT2D eigenvalue weighted by molar-refractivity contribution is 0.171. The summed E-state index contributed by atoms with van der Waals surface area (Å²) in [7, 11) is 0. The van der Waals surface area contributed by atoms with Crippen LogP contribution in [0.3, 0.4) is 0 Å². The Hall–Kier alpha value is -3.48. The van der Waals surface area contributed by atoms with E-state index >= 15 is 0 Å². The second-order valence-electron chi connectivity index (χ2n) is 9.77. The monoisotopic (exact) mass is 500 g/mol. The summed E-state index contributed by atoms with van der Waals surface area (Å²) in [5.41, 5.74) is 7.02. The predicted molar refractivity (Wildman–Crippen MR) is 145 cm³/mol. The van der Waals surface area contributed by atoms with E-state index in [-0.39, 0.29) is 24.0 Å². The number of H-pyrrole nitrogens is 1. The van der Waals surface area contributed by atoms with Gasteiger partial charge in [-0.1, -0.05) is 50.2 Å². The van der Waals surface area contributed by atoms with Gasteiger partial charge in [-0.15, -0.1) is 0 Å². The fraction of sp³-hybridized carbons (Fsp3) is 0.323. The van der Waals surface area contributed by atoms with Crippen LogP contribution in [0.15, 0.2) is 65.5 Å². The fourth-order valence-corrected chi connectivity index (χ4v) is 5.40. The van der Waals surface area contributed by atoms with Crippen molar-refractivity contribution < 1.29 is 14.2 Å². The first-order valence-electron chi connectivity index (χ1n) is 13.0. The van der Waals surface area contributed by atoms with Crippen LogP contribution < -0.4 is 15.6 Å². The van der Waals surface area contributed by atoms with Crippen molar-refractivity contribution in [2.24, 2.45) is 0 Å². The highest BCUT2D eigenvalue weighted by atomic mass is 19.1. The highest BCUT2D eigenvalue weighted by Gasteiger charge is 2.24. The van der Waals surface area contributed by atoms with Crippen molar-refractivity contribution in [1.82, 2.24) is 10.3 Å². The standard InChI is InChI=1S/C31H33FN2O3/c1-3-19-13-22-15-24(16-23(22)14-20(19)4-2)33-17-28(35)25-9-11-29(31-26(25)10-12-30(36)34-31)37-18-21-7-5-6-8-27(21)32/h5-14,24,28,33,35H,3-4,15-18H2,1-2H3,(H,34,36). The highest BCUT2D eigenvalue weighted by molar-refractivity contribution is 5.87. The molecule has 0 saturated carbocycles. The minimum atomic E-state index is -0.768. The molecular weight excluding hydrogens is 467 g/mol. The number of aliphatic hydroxyl groups is 1. The molecule has 192 valence electrons. The number of aromatic amines is 1. The van der Waals surface area contributed by atoms with Crippen LogP contribution in [0.1, 0.15) is 53.3 Å². The molecule has 0 spiro atoms. The molecule has 0 fully saturated rings. The molecule has 1 aromatic heterocycles. The molecule has 0 radical (unpaired) electrons. The zero-order valence-electron chi connectivity index (χ0n) is 21.3. The first kappa shape index (κ1) is 25.2. The summed E-state index contributed by atoms with van der Waals surface area (Å²) in [6.45, 7) is 4.83. The molecule has 3 aromatic carbocycles. The third-order valence-electron chi connectivity index (χ3n) is 7.41. The van der Waals surface area contributed by atoms with Crippen molar-refractivity contribution in [2.75, 3.05) is 6.54 Å². The topological polar surface area (TPSA) is 74.3 Å². The lowest BCUT2D eigenvalue weighted by Gasteiger charge is -2.19. The molecule has 37 heavy (non-hydrogen) atoms. The number of hydrogen-bond acceptors (Lipinski definition) is 4. The van der Waals surface area contributed by atoms with E-state index in [0.29, 0.717) is 34.3 Å². The van der Waals surface area contributed by atoms with Gasteiger partial charge in [-0.05, 0) is 71.7 Å². The van der Waals surface area contributed by atoms with Crippen LogP contribution in [0.4, 0.5) is 4.39 Å². The Morgan fingerprint density at radius 1 is 1.00 bits per heavy atom. The Bertz CT molecular complexity index is 1450. The average Bonchev–Trinajstić information content (AvgIpc) is 3.32. The maximum Gasteiger partial charge on any atom is 0.248 e. The number of rotatable bonds is 9. The third-order valence-corrected chi connectivity index (χ3v) is 7.41. The maximum atomic E-state index is 14.0. The van der Waals surface area contributed by atoms with Crippen LogP contribution in [0.5, 0.6) is 5.75 Å². The Morgan fingerprint density at radius 3 is 2.38 bits per heavy atom. The first-order chi connectivity index (χ1) is 18.0. The summed E-state index contributed by atoms with van der Waals surface area (Å²) >= 11 is 0. The van der Waals surface area contributed by atoms with E-state index in [9.17, 15) is 14.3 Å². The van der Waals surface area contributed by atoms with E-state index in [1.807, 2.05) is 6.07 Å². The zero-order valence-corrected chi connectivity index (χ0v) is 21.3. The number of pyridine rings is 1. The molecular formula is C31H33FN2O3. The Morgan fingerprint density at radius 2 is 1.70 bits per heavy atom. The number of aryl methyl sites for hydroxylation is 2. The van der Waals surface area contributed by atoms with Gasteiger partial charge < -0.3 is 20.1 Å². The SMILES string of the molecule is CCc1cc2c(cc1CC)CC(NCC(O)c1ccc(OCc3ccccc3F)c3[nH]c(=O)ccc13)C2. The molecule has 0 amide bonds. The van der Waals surface area contributed by atoms with Crippen molar-refractivity contribution in [3.05, 3.63) is 110 Å². The van der Waals surface area contributed by atoms with Crippen LogP contribution in [-0.4, -0.2) is 22.7 Å². The van der Waals surface area contributed by atoms with Gasteiger partial charge in [0.15, 0.2) is 0 Å². The molecule has 1 unspecified atom stereocenters. The van der Waals surface area contributed by atoms with Crippen LogP contribution in [0.25, 0.3) is 10.9 Å². The zero-order chi connectivity index (χ0) is 25.9. The number of ether oxygens (including phenoxy) is 1. The summed E-state index contributed by atoms with van der Waals surface area (Å²) in [4.78, 5) is 14.9. The minimum Gasteiger partial charge on any atom is -0.487 e. The summed E-state index contributed by atoms with van der Waals surface area (Å²) in [6.07, 6.45) is 3.23. The molecule has 0 bridgehead atoms. The van der Waals surface area contributed by atoms with Gasteiger partial charge in [0.25, 0.3) is 0 Å². The second-order valence-corrected chi connectivity index (χ2v) is 9.77. The molecule has 1 heterocycles. The van der Waals surface area contributed by atoms with E-state index in [1.54, 1.807) is 30.3 Å². The second kappa shape index (κ2) is 10.9. The van der Waals surface area contributed by atoms with Gasteiger partial charge in [0.2, 0.25) is 5.56 Å². The first-order valence-corrected chi connectivity index (χ1v) is 13.0. The van der Waals surface area contributed by atoms with Crippen molar-refractivity contribution >= 4 is 10.9 Å². The number of nitrogens with one attached hydrogen (secondary N) is 2. The van der Waals surface area contributed by atoms with Gasteiger partial charge in [0.1, 0.15) is 18.2 Å². The maximum absolute atomic E-state index is 14.0. The van der Waals surface area contributed by atoms with Crippen molar-refractivity contribution in [3.8, 4) is 5.75 Å². The van der Waals surface area contributed by atoms with Gasteiger partial charge in [-0.25, -0.2) is 4.39 Å². The number of benzene rings is 3. The average molecular weight is 501 g/mol. The summed E-state index contributed by atoms with van der Waals surface area (Å²) in [5, 5.41) is 15.4. The molecule has 3 N–H and O–H groups in total. The van der Waals surface area contributed by atoms with Gasteiger partial charge in [-0.2, -0.15) is 0 Å².